The molecule has 2 rings (SSSR count). The summed E-state index contributed by atoms with van der Waals surface area (Å²) in [7, 11) is 0. The average Bonchev–Trinajstić information content (AvgIpc) is 2.48. The molecule has 1 aromatic rings. The number of hydrogen-bond acceptors (Lipinski definition) is 5. The van der Waals surface area contributed by atoms with Crippen LogP contribution in [0.3, 0.4) is 0 Å². The molecule has 1 fully saturated rings. The predicted molar refractivity (Wildman–Crippen MR) is 82.8 cm³/mol. The third-order valence-corrected chi connectivity index (χ3v) is 4.32. The lowest BCUT2D eigenvalue weighted by Gasteiger charge is -2.38. The van der Waals surface area contributed by atoms with Gasteiger partial charge < -0.3 is 10.3 Å². The number of nitrogens with zero attached hydrogens (tertiary/aromatic N) is 3. The lowest BCUT2D eigenvalue weighted by atomic mass is 9.92. The Labute approximate surface area is 126 Å². The number of nitrogens with two attached hydrogens (primary N) is 1. The smallest absolute Gasteiger partial charge is 0.275 e. The number of rotatable bonds is 3. The standard InChI is InChI=1S/C15H25N5O/c1-9(2)14-17-8-12(19-16)13(18-14)15(21)20-7-5-6-10(3)11(20)4/h8-11,19H,5-7,16H2,1-4H3. The van der Waals surface area contributed by atoms with Crippen LogP contribution in [0.2, 0.25) is 0 Å². The van der Waals surface area contributed by atoms with Gasteiger partial charge in [-0.15, -0.1) is 0 Å². The van der Waals surface area contributed by atoms with Crippen molar-refractivity contribution in [1.29, 1.82) is 0 Å². The number of hydrogen-bond donors (Lipinski definition) is 2. The molecule has 2 unspecified atom stereocenters. The fourth-order valence-corrected chi connectivity index (χ4v) is 2.70. The van der Waals surface area contributed by atoms with E-state index in [1.165, 1.54) is 0 Å². The van der Waals surface area contributed by atoms with Crippen molar-refractivity contribution in [3.8, 4) is 0 Å². The van der Waals surface area contributed by atoms with E-state index < -0.39 is 0 Å². The summed E-state index contributed by atoms with van der Waals surface area (Å²) in [6.07, 6.45) is 3.78. The quantitative estimate of drug-likeness (QED) is 0.658. The van der Waals surface area contributed by atoms with Crippen molar-refractivity contribution in [3.63, 3.8) is 0 Å². The first kappa shape index (κ1) is 15.7. The number of carbonyl (C=O) groups excluding carboxylic acids is 1. The molecule has 2 heterocycles. The molecule has 0 aliphatic carbocycles. The Morgan fingerprint density at radius 2 is 2.19 bits per heavy atom. The fraction of sp³-hybridized carbons (Fsp3) is 0.667. The lowest BCUT2D eigenvalue weighted by molar-refractivity contribution is 0.0545. The largest absolute Gasteiger partial charge is 0.334 e. The number of nitrogen functional groups attached to an aromatic ring is 1. The molecule has 0 aromatic carbocycles. The summed E-state index contributed by atoms with van der Waals surface area (Å²) in [6, 6.07) is 0.217. The number of anilines is 1. The van der Waals surface area contributed by atoms with Crippen LogP contribution in [0.15, 0.2) is 6.20 Å². The summed E-state index contributed by atoms with van der Waals surface area (Å²) in [5.41, 5.74) is 3.39. The zero-order valence-corrected chi connectivity index (χ0v) is 13.3. The molecule has 0 spiro atoms. The van der Waals surface area contributed by atoms with Crippen molar-refractivity contribution in [2.75, 3.05) is 12.0 Å². The highest BCUT2D eigenvalue weighted by Crippen LogP contribution is 2.26. The van der Waals surface area contributed by atoms with Gasteiger partial charge in [-0.25, -0.2) is 9.97 Å². The van der Waals surface area contributed by atoms with Gasteiger partial charge in [0, 0.05) is 18.5 Å². The zero-order chi connectivity index (χ0) is 15.6. The molecule has 1 aromatic heterocycles. The van der Waals surface area contributed by atoms with Gasteiger partial charge in [-0.1, -0.05) is 20.8 Å². The summed E-state index contributed by atoms with van der Waals surface area (Å²) < 4.78 is 0. The second-order valence-corrected chi connectivity index (χ2v) is 6.15. The van der Waals surface area contributed by atoms with Gasteiger partial charge in [0.2, 0.25) is 0 Å². The van der Waals surface area contributed by atoms with Crippen molar-refractivity contribution in [2.24, 2.45) is 11.8 Å². The Hall–Kier alpha value is -1.69. The van der Waals surface area contributed by atoms with Crippen molar-refractivity contribution >= 4 is 11.6 Å². The Morgan fingerprint density at radius 3 is 2.81 bits per heavy atom. The van der Waals surface area contributed by atoms with Gasteiger partial charge in [-0.3, -0.25) is 10.6 Å². The molecule has 0 radical (unpaired) electrons. The first-order valence-corrected chi connectivity index (χ1v) is 7.60. The van der Waals surface area contributed by atoms with Crippen LogP contribution in [0, 0.1) is 5.92 Å². The van der Waals surface area contributed by atoms with Gasteiger partial charge in [0.1, 0.15) is 5.82 Å². The van der Waals surface area contributed by atoms with E-state index >= 15 is 0 Å². The third kappa shape index (κ3) is 3.15. The minimum Gasteiger partial charge on any atom is -0.334 e. The molecule has 0 bridgehead atoms. The Bertz CT molecular complexity index is 517. The average molecular weight is 291 g/mol. The van der Waals surface area contributed by atoms with E-state index in [1.54, 1.807) is 6.20 Å². The maximum atomic E-state index is 12.9. The molecule has 6 nitrogen and oxygen atoms in total. The summed E-state index contributed by atoms with van der Waals surface area (Å²) in [5.74, 6) is 6.77. The second-order valence-electron chi connectivity index (χ2n) is 6.15. The Morgan fingerprint density at radius 1 is 1.48 bits per heavy atom. The van der Waals surface area contributed by atoms with Crippen LogP contribution in [-0.2, 0) is 0 Å². The number of carbonyl (C=O) groups is 1. The molecular weight excluding hydrogens is 266 g/mol. The molecule has 116 valence electrons. The van der Waals surface area contributed by atoms with E-state index in [2.05, 4.69) is 29.2 Å². The molecule has 21 heavy (non-hydrogen) atoms. The fourth-order valence-electron chi connectivity index (χ4n) is 2.70. The first-order chi connectivity index (χ1) is 9.95. The van der Waals surface area contributed by atoms with E-state index in [0.29, 0.717) is 23.1 Å². The predicted octanol–water partition coefficient (Wildman–Crippen LogP) is 2.15. The van der Waals surface area contributed by atoms with Crippen LogP contribution in [-0.4, -0.2) is 33.4 Å². The van der Waals surface area contributed by atoms with Crippen LogP contribution >= 0.6 is 0 Å². The van der Waals surface area contributed by atoms with Crippen LogP contribution in [0.25, 0.3) is 0 Å². The monoisotopic (exact) mass is 291 g/mol. The van der Waals surface area contributed by atoms with Gasteiger partial charge in [0.05, 0.1) is 11.9 Å². The van der Waals surface area contributed by atoms with Crippen molar-refractivity contribution in [1.82, 2.24) is 14.9 Å². The van der Waals surface area contributed by atoms with Gasteiger partial charge in [0.25, 0.3) is 5.91 Å². The van der Waals surface area contributed by atoms with Gasteiger partial charge in [0.15, 0.2) is 5.69 Å². The number of likely N-dealkylation sites (tertiary alicyclic amines) is 1. The van der Waals surface area contributed by atoms with Gasteiger partial charge >= 0.3 is 0 Å². The van der Waals surface area contributed by atoms with Crippen LogP contribution < -0.4 is 11.3 Å². The second kappa shape index (κ2) is 6.39. The van der Waals surface area contributed by atoms with Crippen molar-refractivity contribution in [3.05, 3.63) is 17.7 Å². The molecular formula is C15H25N5O. The maximum Gasteiger partial charge on any atom is 0.275 e. The highest BCUT2D eigenvalue weighted by atomic mass is 16.2. The number of amides is 1. The maximum absolute atomic E-state index is 12.9. The van der Waals surface area contributed by atoms with Crippen LogP contribution in [0.4, 0.5) is 5.69 Å². The molecule has 1 aliphatic heterocycles. The topological polar surface area (TPSA) is 84.1 Å². The van der Waals surface area contributed by atoms with Gasteiger partial charge in [-0.2, -0.15) is 0 Å². The van der Waals surface area contributed by atoms with Crippen LogP contribution in [0.1, 0.15) is 62.8 Å². The Balaban J connectivity index is 2.35. The molecule has 1 aliphatic rings. The number of aromatic nitrogens is 2. The molecule has 2 atom stereocenters. The number of nitrogens with one attached hydrogen (secondary N) is 1. The van der Waals surface area contributed by atoms with E-state index in [-0.39, 0.29) is 17.9 Å². The molecule has 0 saturated carbocycles. The SMILES string of the molecule is CC(C)c1ncc(NN)c(C(=O)N2CCCC(C)C2C)n1. The van der Waals surface area contributed by atoms with Crippen molar-refractivity contribution < 1.29 is 4.79 Å². The van der Waals surface area contributed by atoms with E-state index in [0.717, 1.165) is 19.4 Å². The van der Waals surface area contributed by atoms with E-state index in [4.69, 9.17) is 5.84 Å². The van der Waals surface area contributed by atoms with Crippen molar-refractivity contribution in [2.45, 2.75) is 52.5 Å². The molecule has 3 N–H and O–H groups in total. The first-order valence-electron chi connectivity index (χ1n) is 7.60. The normalized spacial score (nSPS) is 22.5. The summed E-state index contributed by atoms with van der Waals surface area (Å²) >= 11 is 0. The van der Waals surface area contributed by atoms with E-state index in [9.17, 15) is 4.79 Å². The van der Waals surface area contributed by atoms with Crippen LogP contribution in [0.5, 0.6) is 0 Å². The molecule has 6 heteroatoms. The minimum atomic E-state index is -0.0636. The zero-order valence-electron chi connectivity index (χ0n) is 13.3. The minimum absolute atomic E-state index is 0.0636. The Kier molecular flexibility index (Phi) is 4.77. The summed E-state index contributed by atoms with van der Waals surface area (Å²) in [4.78, 5) is 23.4. The molecule has 1 amide bonds. The molecule has 1 saturated heterocycles. The highest BCUT2D eigenvalue weighted by molar-refractivity contribution is 5.97. The third-order valence-electron chi connectivity index (χ3n) is 4.32. The van der Waals surface area contributed by atoms with E-state index in [1.807, 2.05) is 18.7 Å². The number of hydrazine groups is 1. The highest BCUT2D eigenvalue weighted by Gasteiger charge is 2.31. The van der Waals surface area contributed by atoms with Gasteiger partial charge in [-0.05, 0) is 25.7 Å². The summed E-state index contributed by atoms with van der Waals surface area (Å²) in [6.45, 7) is 9.07. The lowest BCUT2D eigenvalue weighted by Crippen LogP contribution is -2.46. The summed E-state index contributed by atoms with van der Waals surface area (Å²) in [5, 5.41) is 0. The number of piperidine rings is 1.